The molecule has 1 aliphatic heterocycles. The number of benzene rings is 1. The van der Waals surface area contributed by atoms with Gasteiger partial charge in [-0.25, -0.2) is 9.97 Å². The molecular formula is C16H19N3O2. The standard InChI is InChI=1S/C16H19N3O2/c1-3-17-9-12-8-11(2)18-16(19-12)15-10-20-13-6-4-5-7-14(13)21-15/h4-8,15,17H,3,9-10H2,1-2H3. The van der Waals surface area contributed by atoms with Crippen LogP contribution in [0, 0.1) is 6.92 Å². The Morgan fingerprint density at radius 2 is 2.05 bits per heavy atom. The van der Waals surface area contributed by atoms with Gasteiger partial charge in [-0.3, -0.25) is 0 Å². The van der Waals surface area contributed by atoms with E-state index in [2.05, 4.69) is 22.2 Å². The molecule has 110 valence electrons. The van der Waals surface area contributed by atoms with Crippen molar-refractivity contribution in [2.45, 2.75) is 26.5 Å². The molecule has 2 heterocycles. The minimum atomic E-state index is -0.264. The summed E-state index contributed by atoms with van der Waals surface area (Å²) in [6, 6.07) is 9.65. The van der Waals surface area contributed by atoms with Crippen LogP contribution in [0.15, 0.2) is 30.3 Å². The lowest BCUT2D eigenvalue weighted by Gasteiger charge is -2.25. The van der Waals surface area contributed by atoms with E-state index < -0.39 is 0 Å². The summed E-state index contributed by atoms with van der Waals surface area (Å²) in [5.41, 5.74) is 1.91. The average Bonchev–Trinajstić information content (AvgIpc) is 2.52. The molecule has 1 atom stereocenters. The van der Waals surface area contributed by atoms with Crippen LogP contribution in [0.2, 0.25) is 0 Å². The molecule has 0 saturated heterocycles. The fraction of sp³-hybridized carbons (Fsp3) is 0.375. The third-order valence-electron chi connectivity index (χ3n) is 3.28. The second-order valence-corrected chi connectivity index (χ2v) is 5.00. The van der Waals surface area contributed by atoms with Crippen LogP contribution in [0.4, 0.5) is 0 Å². The van der Waals surface area contributed by atoms with Crippen LogP contribution in [-0.2, 0) is 6.54 Å². The third kappa shape index (κ3) is 3.13. The number of hydrogen-bond donors (Lipinski definition) is 1. The van der Waals surface area contributed by atoms with Gasteiger partial charge in [-0.1, -0.05) is 19.1 Å². The number of fused-ring (bicyclic) bond motifs is 1. The zero-order valence-corrected chi connectivity index (χ0v) is 12.3. The Balaban J connectivity index is 1.83. The molecule has 0 amide bonds. The van der Waals surface area contributed by atoms with Gasteiger partial charge in [0.05, 0.1) is 5.69 Å². The Bertz CT molecular complexity index is 631. The maximum atomic E-state index is 5.96. The van der Waals surface area contributed by atoms with Crippen molar-refractivity contribution >= 4 is 0 Å². The summed E-state index contributed by atoms with van der Waals surface area (Å²) < 4.78 is 11.7. The van der Waals surface area contributed by atoms with E-state index in [1.54, 1.807) is 0 Å². The monoisotopic (exact) mass is 285 g/mol. The van der Waals surface area contributed by atoms with Gasteiger partial charge >= 0.3 is 0 Å². The third-order valence-corrected chi connectivity index (χ3v) is 3.28. The number of nitrogens with one attached hydrogen (secondary N) is 1. The number of aromatic nitrogens is 2. The first kappa shape index (κ1) is 13.8. The fourth-order valence-electron chi connectivity index (χ4n) is 2.29. The van der Waals surface area contributed by atoms with Gasteiger partial charge in [0.1, 0.15) is 6.61 Å². The average molecular weight is 285 g/mol. The number of rotatable bonds is 4. The van der Waals surface area contributed by atoms with Crippen LogP contribution in [0.5, 0.6) is 11.5 Å². The van der Waals surface area contributed by atoms with Crippen molar-refractivity contribution in [3.8, 4) is 11.5 Å². The fourth-order valence-corrected chi connectivity index (χ4v) is 2.29. The van der Waals surface area contributed by atoms with E-state index in [-0.39, 0.29) is 6.10 Å². The summed E-state index contributed by atoms with van der Waals surface area (Å²) in [5.74, 6) is 2.19. The predicted molar refractivity (Wildman–Crippen MR) is 79.5 cm³/mol. The Hall–Kier alpha value is -2.14. The number of nitrogens with zero attached hydrogens (tertiary/aromatic N) is 2. The first-order chi connectivity index (χ1) is 10.3. The molecular weight excluding hydrogens is 266 g/mol. The van der Waals surface area contributed by atoms with E-state index in [4.69, 9.17) is 9.47 Å². The largest absolute Gasteiger partial charge is 0.485 e. The number of aryl methyl sites for hydroxylation is 1. The summed E-state index contributed by atoms with van der Waals surface area (Å²) in [6.45, 7) is 6.12. The highest BCUT2D eigenvalue weighted by Gasteiger charge is 2.25. The van der Waals surface area contributed by atoms with Crippen molar-refractivity contribution in [3.63, 3.8) is 0 Å². The SMILES string of the molecule is CCNCc1cc(C)nc(C2COc3ccccc3O2)n1. The smallest absolute Gasteiger partial charge is 0.192 e. The molecule has 1 N–H and O–H groups in total. The van der Waals surface area contributed by atoms with Crippen LogP contribution in [0.1, 0.15) is 30.2 Å². The van der Waals surface area contributed by atoms with Crippen LogP contribution in [0.25, 0.3) is 0 Å². The van der Waals surface area contributed by atoms with Gasteiger partial charge in [0, 0.05) is 12.2 Å². The van der Waals surface area contributed by atoms with Crippen molar-refractivity contribution in [3.05, 3.63) is 47.5 Å². The first-order valence-electron chi connectivity index (χ1n) is 7.20. The molecule has 1 aliphatic rings. The molecule has 2 aromatic rings. The van der Waals surface area contributed by atoms with E-state index in [0.717, 1.165) is 36.0 Å². The molecule has 5 nitrogen and oxygen atoms in total. The summed E-state index contributed by atoms with van der Waals surface area (Å²) in [4.78, 5) is 9.08. The summed E-state index contributed by atoms with van der Waals surface area (Å²) in [7, 11) is 0. The van der Waals surface area contributed by atoms with Gasteiger partial charge in [0.25, 0.3) is 0 Å². The lowest BCUT2D eigenvalue weighted by atomic mass is 10.2. The maximum absolute atomic E-state index is 5.96. The summed E-state index contributed by atoms with van der Waals surface area (Å²) in [5, 5.41) is 3.28. The molecule has 1 aromatic heterocycles. The van der Waals surface area contributed by atoms with Crippen LogP contribution in [-0.4, -0.2) is 23.1 Å². The van der Waals surface area contributed by atoms with Crippen molar-refractivity contribution in [2.24, 2.45) is 0 Å². The molecule has 5 heteroatoms. The van der Waals surface area contributed by atoms with Gasteiger partial charge in [-0.2, -0.15) is 0 Å². The highest BCUT2D eigenvalue weighted by Crippen LogP contribution is 2.34. The highest BCUT2D eigenvalue weighted by atomic mass is 16.6. The molecule has 0 spiro atoms. The molecule has 1 unspecified atom stereocenters. The first-order valence-corrected chi connectivity index (χ1v) is 7.20. The van der Waals surface area contributed by atoms with Gasteiger partial charge in [0.2, 0.25) is 0 Å². The van der Waals surface area contributed by atoms with Gasteiger partial charge < -0.3 is 14.8 Å². The van der Waals surface area contributed by atoms with Gasteiger partial charge in [-0.15, -0.1) is 0 Å². The van der Waals surface area contributed by atoms with Crippen LogP contribution in [0.3, 0.4) is 0 Å². The molecule has 0 aliphatic carbocycles. The number of hydrogen-bond acceptors (Lipinski definition) is 5. The van der Waals surface area contributed by atoms with Crippen molar-refractivity contribution < 1.29 is 9.47 Å². The Kier molecular flexibility index (Phi) is 4.01. The Labute approximate surface area is 124 Å². The molecule has 0 saturated carbocycles. The minimum Gasteiger partial charge on any atom is -0.485 e. The molecule has 0 radical (unpaired) electrons. The maximum Gasteiger partial charge on any atom is 0.192 e. The lowest BCUT2D eigenvalue weighted by molar-refractivity contribution is 0.0847. The Morgan fingerprint density at radius 3 is 2.86 bits per heavy atom. The van der Waals surface area contributed by atoms with E-state index in [1.807, 2.05) is 37.3 Å². The summed E-state index contributed by atoms with van der Waals surface area (Å²) >= 11 is 0. The minimum absolute atomic E-state index is 0.264. The molecule has 0 bridgehead atoms. The normalized spacial score (nSPS) is 16.8. The Morgan fingerprint density at radius 1 is 1.24 bits per heavy atom. The van der Waals surface area contributed by atoms with E-state index in [1.165, 1.54) is 0 Å². The van der Waals surface area contributed by atoms with E-state index >= 15 is 0 Å². The van der Waals surface area contributed by atoms with E-state index in [0.29, 0.717) is 12.4 Å². The van der Waals surface area contributed by atoms with Crippen molar-refractivity contribution in [1.29, 1.82) is 0 Å². The number of ether oxygens (including phenoxy) is 2. The van der Waals surface area contributed by atoms with Crippen molar-refractivity contribution in [1.82, 2.24) is 15.3 Å². The van der Waals surface area contributed by atoms with Crippen LogP contribution < -0.4 is 14.8 Å². The van der Waals surface area contributed by atoms with Gasteiger partial charge in [0.15, 0.2) is 23.4 Å². The zero-order chi connectivity index (χ0) is 14.7. The zero-order valence-electron chi connectivity index (χ0n) is 12.3. The highest BCUT2D eigenvalue weighted by molar-refractivity contribution is 5.41. The van der Waals surface area contributed by atoms with Crippen molar-refractivity contribution in [2.75, 3.05) is 13.2 Å². The second-order valence-electron chi connectivity index (χ2n) is 5.00. The molecule has 21 heavy (non-hydrogen) atoms. The predicted octanol–water partition coefficient (Wildman–Crippen LogP) is 2.41. The lowest BCUT2D eigenvalue weighted by Crippen LogP contribution is -2.24. The number of para-hydroxylation sites is 2. The topological polar surface area (TPSA) is 56.3 Å². The van der Waals surface area contributed by atoms with E-state index in [9.17, 15) is 0 Å². The second kappa shape index (κ2) is 6.10. The van der Waals surface area contributed by atoms with Gasteiger partial charge in [-0.05, 0) is 31.7 Å². The molecule has 0 fully saturated rings. The van der Waals surface area contributed by atoms with Crippen LogP contribution >= 0.6 is 0 Å². The summed E-state index contributed by atoms with van der Waals surface area (Å²) in [6.07, 6.45) is -0.264. The molecule has 1 aromatic carbocycles. The quantitative estimate of drug-likeness (QED) is 0.935. The molecule has 3 rings (SSSR count).